The molecular formula is C20H21F2N5O3. The second kappa shape index (κ2) is 8.60. The number of amides is 3. The van der Waals surface area contributed by atoms with Gasteiger partial charge < -0.3 is 14.5 Å². The van der Waals surface area contributed by atoms with Gasteiger partial charge in [0.05, 0.1) is 0 Å². The Hall–Kier alpha value is -3.30. The Bertz CT molecular complexity index is 922. The molecule has 10 heteroatoms. The first-order valence-corrected chi connectivity index (χ1v) is 9.73. The number of anilines is 1. The Morgan fingerprint density at radius 1 is 1.10 bits per heavy atom. The molecule has 2 aliphatic heterocycles. The smallest absolute Gasteiger partial charge is 0.325 e. The van der Waals surface area contributed by atoms with E-state index in [-0.39, 0.29) is 24.2 Å². The topological polar surface area (TPSA) is 78.9 Å². The molecule has 0 unspecified atom stereocenters. The maximum Gasteiger partial charge on any atom is 0.325 e. The van der Waals surface area contributed by atoms with E-state index in [1.807, 2.05) is 0 Å². The van der Waals surface area contributed by atoms with E-state index in [0.717, 1.165) is 12.1 Å². The summed E-state index contributed by atoms with van der Waals surface area (Å²) in [5.41, 5.74) is 0.275. The minimum atomic E-state index is -1.01. The molecule has 8 nitrogen and oxygen atoms in total. The van der Waals surface area contributed by atoms with Crippen LogP contribution in [0.5, 0.6) is 5.88 Å². The minimum Gasteiger partial charge on any atom is -0.474 e. The summed E-state index contributed by atoms with van der Waals surface area (Å²) in [6, 6.07) is 4.62. The van der Waals surface area contributed by atoms with Crippen LogP contribution >= 0.6 is 0 Å². The lowest BCUT2D eigenvalue weighted by atomic mass is 10.1. The number of rotatable bonds is 5. The molecule has 2 aliphatic rings. The third-order valence-electron chi connectivity index (χ3n) is 5.27. The average Bonchev–Trinajstić information content (AvgIpc) is 3.11. The predicted molar refractivity (Wildman–Crippen MR) is 103 cm³/mol. The first-order chi connectivity index (χ1) is 14.5. The van der Waals surface area contributed by atoms with Crippen LogP contribution in [0.1, 0.15) is 12.8 Å². The number of piperidine rings is 1. The van der Waals surface area contributed by atoms with Crippen molar-refractivity contribution in [1.82, 2.24) is 19.8 Å². The number of halogens is 2. The van der Waals surface area contributed by atoms with Gasteiger partial charge in [-0.15, -0.1) is 0 Å². The number of likely N-dealkylation sites (tertiary alicyclic amines) is 1. The molecular weight excluding hydrogens is 396 g/mol. The summed E-state index contributed by atoms with van der Waals surface area (Å²) < 4.78 is 32.4. The summed E-state index contributed by atoms with van der Waals surface area (Å²) in [4.78, 5) is 37.6. The highest BCUT2D eigenvalue weighted by Crippen LogP contribution is 2.23. The second-order valence-corrected chi connectivity index (χ2v) is 7.20. The summed E-state index contributed by atoms with van der Waals surface area (Å²) in [6.45, 7) is 1.67. The molecule has 0 saturated carbocycles. The van der Waals surface area contributed by atoms with Crippen molar-refractivity contribution >= 4 is 17.6 Å². The van der Waals surface area contributed by atoms with Crippen LogP contribution in [0.25, 0.3) is 0 Å². The van der Waals surface area contributed by atoms with E-state index in [2.05, 4.69) is 9.97 Å². The molecule has 2 aromatic rings. The Morgan fingerprint density at radius 3 is 2.60 bits per heavy atom. The van der Waals surface area contributed by atoms with E-state index in [1.54, 1.807) is 17.2 Å². The fourth-order valence-corrected chi connectivity index (χ4v) is 3.63. The Balaban J connectivity index is 1.28. The molecule has 0 aliphatic carbocycles. The summed E-state index contributed by atoms with van der Waals surface area (Å²) in [6.07, 6.45) is 4.35. The highest BCUT2D eigenvalue weighted by atomic mass is 19.2. The molecule has 0 atom stereocenters. The van der Waals surface area contributed by atoms with E-state index >= 15 is 0 Å². The largest absolute Gasteiger partial charge is 0.474 e. The quantitative estimate of drug-likeness (QED) is 0.744. The summed E-state index contributed by atoms with van der Waals surface area (Å²) in [5, 5.41) is 0. The Labute approximate surface area is 172 Å². The molecule has 158 valence electrons. The van der Waals surface area contributed by atoms with Gasteiger partial charge in [0.2, 0.25) is 11.8 Å². The normalized spacial score (nSPS) is 17.5. The summed E-state index contributed by atoms with van der Waals surface area (Å²) in [5.74, 6) is -1.61. The SMILES string of the molecule is O=C(CN1CCN(c2ccc(F)c(F)c2)C1=O)N1CCC(Oc2ccncn2)CC1. The maximum atomic E-state index is 13.5. The molecule has 0 radical (unpaired) electrons. The van der Waals surface area contributed by atoms with Crippen LogP contribution in [0.4, 0.5) is 19.3 Å². The number of nitrogens with zero attached hydrogens (tertiary/aromatic N) is 5. The molecule has 0 spiro atoms. The summed E-state index contributed by atoms with van der Waals surface area (Å²) in [7, 11) is 0. The third kappa shape index (κ3) is 4.32. The molecule has 3 heterocycles. The fraction of sp³-hybridized carbons (Fsp3) is 0.400. The zero-order valence-electron chi connectivity index (χ0n) is 16.2. The number of hydrogen-bond donors (Lipinski definition) is 0. The lowest BCUT2D eigenvalue weighted by Crippen LogP contribution is -2.47. The lowest BCUT2D eigenvalue weighted by Gasteiger charge is -2.32. The zero-order chi connectivity index (χ0) is 21.1. The van der Waals surface area contributed by atoms with Crippen molar-refractivity contribution in [2.45, 2.75) is 18.9 Å². The van der Waals surface area contributed by atoms with Crippen molar-refractivity contribution in [1.29, 1.82) is 0 Å². The highest BCUT2D eigenvalue weighted by molar-refractivity contribution is 5.96. The van der Waals surface area contributed by atoms with E-state index in [9.17, 15) is 18.4 Å². The standard InChI is InChI=1S/C20H21F2N5O3/c21-16-2-1-14(11-17(16)22)27-10-9-26(20(27)29)12-19(28)25-7-4-15(5-8-25)30-18-3-6-23-13-24-18/h1-3,6,11,13,15H,4-5,7-10,12H2. The van der Waals surface area contributed by atoms with Crippen molar-refractivity contribution < 1.29 is 23.1 Å². The van der Waals surface area contributed by atoms with Crippen molar-refractivity contribution in [2.24, 2.45) is 0 Å². The van der Waals surface area contributed by atoms with Gasteiger partial charge in [-0.2, -0.15) is 0 Å². The number of ether oxygens (including phenoxy) is 1. The van der Waals surface area contributed by atoms with Crippen molar-refractivity contribution in [3.8, 4) is 5.88 Å². The van der Waals surface area contributed by atoms with Gasteiger partial charge >= 0.3 is 6.03 Å². The Morgan fingerprint density at radius 2 is 1.90 bits per heavy atom. The van der Waals surface area contributed by atoms with Gasteiger partial charge in [0.1, 0.15) is 19.0 Å². The van der Waals surface area contributed by atoms with Gasteiger partial charge in [-0.25, -0.2) is 23.5 Å². The molecule has 1 aromatic carbocycles. The van der Waals surface area contributed by atoms with E-state index in [4.69, 9.17) is 4.74 Å². The van der Waals surface area contributed by atoms with Crippen LogP contribution < -0.4 is 9.64 Å². The molecule has 30 heavy (non-hydrogen) atoms. The maximum absolute atomic E-state index is 13.5. The van der Waals surface area contributed by atoms with E-state index in [1.165, 1.54) is 22.2 Å². The van der Waals surface area contributed by atoms with Crippen molar-refractivity contribution in [2.75, 3.05) is 37.6 Å². The van der Waals surface area contributed by atoms with Crippen molar-refractivity contribution in [3.05, 3.63) is 48.4 Å². The fourth-order valence-electron chi connectivity index (χ4n) is 3.63. The number of carbonyl (C=O) groups excluding carboxylic acids is 2. The first kappa shape index (κ1) is 20.0. The molecule has 1 aromatic heterocycles. The van der Waals surface area contributed by atoms with Crippen LogP contribution in [0.15, 0.2) is 36.8 Å². The zero-order valence-corrected chi connectivity index (χ0v) is 16.2. The molecule has 2 fully saturated rings. The average molecular weight is 417 g/mol. The van der Waals surface area contributed by atoms with Gasteiger partial charge in [0.25, 0.3) is 0 Å². The van der Waals surface area contributed by atoms with Gasteiger partial charge in [-0.3, -0.25) is 9.69 Å². The number of benzene rings is 1. The van der Waals surface area contributed by atoms with Gasteiger partial charge in [-0.1, -0.05) is 0 Å². The molecule has 4 rings (SSSR count). The number of carbonyl (C=O) groups is 2. The molecule has 2 saturated heterocycles. The number of urea groups is 1. The Kier molecular flexibility index (Phi) is 5.73. The first-order valence-electron chi connectivity index (χ1n) is 9.73. The van der Waals surface area contributed by atoms with Gasteiger partial charge in [0, 0.05) is 63.0 Å². The van der Waals surface area contributed by atoms with Crippen LogP contribution in [-0.2, 0) is 4.79 Å². The third-order valence-corrected chi connectivity index (χ3v) is 5.27. The lowest BCUT2D eigenvalue weighted by molar-refractivity contribution is -0.133. The number of aromatic nitrogens is 2. The molecule has 0 N–H and O–H groups in total. The monoisotopic (exact) mass is 417 g/mol. The minimum absolute atomic E-state index is 0.0266. The van der Waals surface area contributed by atoms with Crippen LogP contribution in [0.2, 0.25) is 0 Å². The van der Waals surface area contributed by atoms with Gasteiger partial charge in [0.15, 0.2) is 11.6 Å². The highest BCUT2D eigenvalue weighted by Gasteiger charge is 2.33. The number of hydrogen-bond acceptors (Lipinski definition) is 5. The van der Waals surface area contributed by atoms with Crippen LogP contribution in [0, 0.1) is 11.6 Å². The molecule has 0 bridgehead atoms. The summed E-state index contributed by atoms with van der Waals surface area (Å²) >= 11 is 0. The van der Waals surface area contributed by atoms with Gasteiger partial charge in [-0.05, 0) is 12.1 Å². The second-order valence-electron chi connectivity index (χ2n) is 7.20. The van der Waals surface area contributed by atoms with E-state index < -0.39 is 17.7 Å². The van der Waals surface area contributed by atoms with Crippen molar-refractivity contribution in [3.63, 3.8) is 0 Å². The van der Waals surface area contributed by atoms with E-state index in [0.29, 0.717) is 44.9 Å². The van der Waals surface area contributed by atoms with Crippen LogP contribution in [0.3, 0.4) is 0 Å². The molecule has 3 amide bonds. The van der Waals surface area contributed by atoms with Crippen LogP contribution in [-0.4, -0.2) is 70.5 Å². The predicted octanol–water partition coefficient (Wildman–Crippen LogP) is 2.07.